The molecule has 0 saturated carbocycles. The van der Waals surface area contributed by atoms with Crippen LogP contribution in [0.1, 0.15) is 37.5 Å². The van der Waals surface area contributed by atoms with Gasteiger partial charge in [0.2, 0.25) is 5.78 Å². The molecule has 176 valence electrons. The van der Waals surface area contributed by atoms with E-state index in [9.17, 15) is 19.5 Å². The summed E-state index contributed by atoms with van der Waals surface area (Å²) in [5.41, 5.74) is 1.30. The minimum atomic E-state index is -1.00. The number of benzene rings is 2. The van der Waals surface area contributed by atoms with E-state index in [1.54, 1.807) is 55.5 Å². The standard InChI is InChI=1S/C25H17BrN2O6S/c1-12-22(24(32)33-2)35-25(27-12)28-19(14-7-5-8-15(26)10-14)18(21(30)23(28)31)20(29)17-11-13-6-3-4-9-16(13)34-17/h3-11,19,30H,1-2H3. The molecule has 1 aliphatic rings. The van der Waals surface area contributed by atoms with Gasteiger partial charge in [-0.15, -0.1) is 0 Å². The van der Waals surface area contributed by atoms with Crippen molar-refractivity contribution in [3.63, 3.8) is 0 Å². The highest BCUT2D eigenvalue weighted by atomic mass is 79.9. The van der Waals surface area contributed by atoms with Gasteiger partial charge >= 0.3 is 5.97 Å². The molecule has 1 N–H and O–H groups in total. The molecule has 8 nitrogen and oxygen atoms in total. The number of nitrogens with zero attached hydrogens (tertiary/aromatic N) is 2. The number of furan rings is 1. The lowest BCUT2D eigenvalue weighted by Crippen LogP contribution is -2.31. The summed E-state index contributed by atoms with van der Waals surface area (Å²) in [6.45, 7) is 1.62. The van der Waals surface area contributed by atoms with Crippen LogP contribution in [0.25, 0.3) is 11.0 Å². The number of esters is 1. The predicted molar refractivity (Wildman–Crippen MR) is 133 cm³/mol. The molecule has 1 amide bonds. The minimum Gasteiger partial charge on any atom is -0.503 e. The van der Waals surface area contributed by atoms with E-state index in [2.05, 4.69) is 20.9 Å². The summed E-state index contributed by atoms with van der Waals surface area (Å²) >= 11 is 4.37. The molecular weight excluding hydrogens is 536 g/mol. The number of hydrogen-bond donors (Lipinski definition) is 1. The number of anilines is 1. The highest BCUT2D eigenvalue weighted by Crippen LogP contribution is 2.44. The molecule has 1 aliphatic heterocycles. The van der Waals surface area contributed by atoms with Gasteiger partial charge in [0, 0.05) is 9.86 Å². The molecule has 1 unspecified atom stereocenters. The molecule has 2 aromatic carbocycles. The SMILES string of the molecule is COC(=O)c1sc(N2C(=O)C(O)=C(C(=O)c3cc4ccccc4o3)C2c2cccc(Br)c2)nc1C. The first-order valence-electron chi connectivity index (χ1n) is 10.4. The molecule has 0 fully saturated rings. The van der Waals surface area contributed by atoms with Crippen LogP contribution >= 0.6 is 27.3 Å². The summed E-state index contributed by atoms with van der Waals surface area (Å²) in [6, 6.07) is 14.7. The van der Waals surface area contributed by atoms with Gasteiger partial charge in [-0.3, -0.25) is 14.5 Å². The third-order valence-corrected chi connectivity index (χ3v) is 7.26. The fourth-order valence-electron chi connectivity index (χ4n) is 4.02. The topological polar surface area (TPSA) is 110 Å². The van der Waals surface area contributed by atoms with E-state index in [1.165, 1.54) is 12.0 Å². The number of aliphatic hydroxyl groups excluding tert-OH is 1. The van der Waals surface area contributed by atoms with Crippen LogP contribution in [0.15, 0.2) is 74.8 Å². The summed E-state index contributed by atoms with van der Waals surface area (Å²) in [5.74, 6) is -2.73. The number of Topliss-reactive ketones (excluding diaryl/α,β-unsaturated/α-hetero) is 1. The van der Waals surface area contributed by atoms with Crippen LogP contribution in [-0.4, -0.2) is 34.9 Å². The Kier molecular flexibility index (Phi) is 5.78. The summed E-state index contributed by atoms with van der Waals surface area (Å²) in [4.78, 5) is 45.0. The smallest absolute Gasteiger partial charge is 0.350 e. The number of halogens is 1. The van der Waals surface area contributed by atoms with Crippen LogP contribution in [0.3, 0.4) is 0 Å². The molecule has 0 aliphatic carbocycles. The summed E-state index contributed by atoms with van der Waals surface area (Å²) in [6.07, 6.45) is 0. The first kappa shape index (κ1) is 23.0. The minimum absolute atomic E-state index is 0.00651. The van der Waals surface area contributed by atoms with E-state index >= 15 is 0 Å². The van der Waals surface area contributed by atoms with Crippen molar-refractivity contribution in [2.24, 2.45) is 0 Å². The van der Waals surface area contributed by atoms with Crippen molar-refractivity contribution in [2.75, 3.05) is 12.0 Å². The quantitative estimate of drug-likeness (QED) is 0.256. The molecule has 35 heavy (non-hydrogen) atoms. The number of thiazole rings is 1. The van der Waals surface area contributed by atoms with Gasteiger partial charge in [-0.1, -0.05) is 57.6 Å². The van der Waals surface area contributed by atoms with E-state index < -0.39 is 29.5 Å². The monoisotopic (exact) mass is 552 g/mol. The molecule has 1 atom stereocenters. The lowest BCUT2D eigenvalue weighted by Gasteiger charge is -2.24. The third-order valence-electron chi connectivity index (χ3n) is 5.63. The zero-order chi connectivity index (χ0) is 24.9. The Hall–Kier alpha value is -3.76. The number of amides is 1. The van der Waals surface area contributed by atoms with Crippen molar-refractivity contribution >= 4 is 61.0 Å². The zero-order valence-corrected chi connectivity index (χ0v) is 20.8. The number of ether oxygens (including phenoxy) is 1. The summed E-state index contributed by atoms with van der Waals surface area (Å²) in [7, 11) is 1.25. The molecular formula is C25H17BrN2O6S. The van der Waals surface area contributed by atoms with Gasteiger partial charge in [-0.05, 0) is 36.8 Å². The Bertz CT molecular complexity index is 1520. The van der Waals surface area contributed by atoms with Crippen LogP contribution in [-0.2, 0) is 9.53 Å². The lowest BCUT2D eigenvalue weighted by molar-refractivity contribution is -0.117. The number of carbonyl (C=O) groups excluding carboxylic acids is 3. The largest absolute Gasteiger partial charge is 0.503 e. The predicted octanol–water partition coefficient (Wildman–Crippen LogP) is 5.53. The van der Waals surface area contributed by atoms with Gasteiger partial charge in [0.25, 0.3) is 5.91 Å². The number of hydrogen-bond acceptors (Lipinski definition) is 8. The molecule has 3 heterocycles. The number of aliphatic hydroxyl groups is 1. The number of fused-ring (bicyclic) bond motifs is 1. The maximum atomic E-state index is 13.7. The molecule has 0 saturated heterocycles. The van der Waals surface area contributed by atoms with Gasteiger partial charge in [0.05, 0.1) is 24.4 Å². The molecule has 2 aromatic heterocycles. The van der Waals surface area contributed by atoms with Crippen molar-refractivity contribution in [1.82, 2.24) is 4.98 Å². The van der Waals surface area contributed by atoms with Crippen LogP contribution in [0.5, 0.6) is 0 Å². The van der Waals surface area contributed by atoms with Gasteiger partial charge < -0.3 is 14.3 Å². The third kappa shape index (κ3) is 3.84. The second kappa shape index (κ2) is 8.79. The van der Waals surface area contributed by atoms with Crippen LogP contribution < -0.4 is 4.90 Å². The Balaban J connectivity index is 1.66. The van der Waals surface area contributed by atoms with E-state index in [0.29, 0.717) is 16.8 Å². The van der Waals surface area contributed by atoms with Gasteiger partial charge in [-0.25, -0.2) is 9.78 Å². The van der Waals surface area contributed by atoms with E-state index in [4.69, 9.17) is 9.15 Å². The molecule has 5 rings (SSSR count). The Morgan fingerprint density at radius 3 is 2.66 bits per heavy atom. The normalized spacial score (nSPS) is 15.8. The van der Waals surface area contributed by atoms with Crippen LogP contribution in [0, 0.1) is 6.92 Å². The fraction of sp³-hybridized carbons (Fsp3) is 0.120. The maximum absolute atomic E-state index is 13.7. The average molecular weight is 553 g/mol. The highest BCUT2D eigenvalue weighted by Gasteiger charge is 2.47. The molecule has 10 heteroatoms. The van der Waals surface area contributed by atoms with Crippen LogP contribution in [0.2, 0.25) is 0 Å². The first-order valence-corrected chi connectivity index (χ1v) is 12.0. The second-order valence-electron chi connectivity index (χ2n) is 7.78. The highest BCUT2D eigenvalue weighted by molar-refractivity contribution is 9.10. The number of rotatable bonds is 5. The number of methoxy groups -OCH3 is 1. The Morgan fingerprint density at radius 1 is 1.17 bits per heavy atom. The Labute approximate surface area is 211 Å². The molecule has 0 bridgehead atoms. The number of aromatic nitrogens is 1. The summed E-state index contributed by atoms with van der Waals surface area (Å²) in [5, 5.41) is 11.8. The first-order chi connectivity index (χ1) is 16.8. The van der Waals surface area contributed by atoms with Crippen molar-refractivity contribution in [2.45, 2.75) is 13.0 Å². The molecule has 0 radical (unpaired) electrons. The number of ketones is 1. The van der Waals surface area contributed by atoms with Crippen LogP contribution in [0.4, 0.5) is 5.13 Å². The maximum Gasteiger partial charge on any atom is 0.350 e. The van der Waals surface area contributed by atoms with Gasteiger partial charge in [0.15, 0.2) is 16.7 Å². The zero-order valence-electron chi connectivity index (χ0n) is 18.4. The number of aryl methyl sites for hydroxylation is 1. The number of para-hydroxylation sites is 1. The van der Waals surface area contributed by atoms with E-state index in [0.717, 1.165) is 21.2 Å². The average Bonchev–Trinajstić information content (AvgIpc) is 3.52. The molecule has 0 spiro atoms. The van der Waals surface area contributed by atoms with Crippen molar-refractivity contribution < 1.29 is 28.6 Å². The van der Waals surface area contributed by atoms with Crippen molar-refractivity contribution in [3.8, 4) is 0 Å². The second-order valence-corrected chi connectivity index (χ2v) is 9.67. The Morgan fingerprint density at radius 2 is 1.94 bits per heavy atom. The molecule has 4 aromatic rings. The fourth-order valence-corrected chi connectivity index (χ4v) is 5.45. The van der Waals surface area contributed by atoms with Gasteiger partial charge in [0.1, 0.15) is 10.5 Å². The van der Waals surface area contributed by atoms with Crippen molar-refractivity contribution in [3.05, 3.63) is 92.3 Å². The van der Waals surface area contributed by atoms with Gasteiger partial charge in [-0.2, -0.15) is 0 Å². The van der Waals surface area contributed by atoms with E-state index in [1.807, 2.05) is 6.07 Å². The van der Waals surface area contributed by atoms with Crippen molar-refractivity contribution in [1.29, 1.82) is 0 Å². The number of carbonyl (C=O) groups is 3. The lowest BCUT2D eigenvalue weighted by atomic mass is 9.95. The summed E-state index contributed by atoms with van der Waals surface area (Å²) < 4.78 is 11.3. The van der Waals surface area contributed by atoms with E-state index in [-0.39, 0.29) is 21.3 Å².